The number of carbonyl (C=O) groups is 2. The fourth-order valence-electron chi connectivity index (χ4n) is 3.73. The fraction of sp³-hybridized carbons (Fsp3) is 0.400. The van der Waals surface area contributed by atoms with Crippen molar-refractivity contribution in [2.75, 3.05) is 34.3 Å². The smallest absolute Gasteiger partial charge is 0.435 e. The Morgan fingerprint density at radius 2 is 1.88 bits per heavy atom. The van der Waals surface area contributed by atoms with Gasteiger partial charge in [0.15, 0.2) is 0 Å². The minimum atomic E-state index is -0.778. The maximum atomic E-state index is 12.3. The molecule has 2 aromatic rings. The monoisotopic (exact) mass is 468 g/mol. The normalized spacial score (nSPS) is 18.4. The van der Waals surface area contributed by atoms with Crippen molar-refractivity contribution in [2.24, 2.45) is 10.7 Å². The van der Waals surface area contributed by atoms with Gasteiger partial charge in [0.2, 0.25) is 5.91 Å². The number of benzene rings is 2. The number of rotatable bonds is 8. The van der Waals surface area contributed by atoms with Gasteiger partial charge in [0.05, 0.1) is 12.6 Å². The van der Waals surface area contributed by atoms with Crippen LogP contribution in [-0.2, 0) is 16.1 Å². The van der Waals surface area contributed by atoms with Crippen LogP contribution in [0.15, 0.2) is 53.5 Å². The Bertz CT molecular complexity index is 1020. The molecule has 0 aliphatic carbocycles. The zero-order valence-corrected chi connectivity index (χ0v) is 20.1. The first kappa shape index (κ1) is 25.0. The summed E-state index contributed by atoms with van der Waals surface area (Å²) in [5.41, 5.74) is 7.39. The summed E-state index contributed by atoms with van der Waals surface area (Å²) >= 11 is 0. The van der Waals surface area contributed by atoms with Gasteiger partial charge >= 0.3 is 6.09 Å². The zero-order chi connectivity index (χ0) is 24.7. The molecule has 0 radical (unpaired) electrons. The maximum absolute atomic E-state index is 12.3. The lowest BCUT2D eigenvalue weighted by Gasteiger charge is -2.21. The van der Waals surface area contributed by atoms with E-state index in [4.69, 9.17) is 19.9 Å². The van der Waals surface area contributed by atoms with E-state index >= 15 is 0 Å². The first-order chi connectivity index (χ1) is 16.3. The van der Waals surface area contributed by atoms with E-state index in [1.165, 1.54) is 0 Å². The molecule has 2 N–H and O–H groups in total. The number of ether oxygens (including phenoxy) is 3. The number of amides is 2. The molecule has 182 valence electrons. The Balaban J connectivity index is 1.56. The van der Waals surface area contributed by atoms with Crippen LogP contribution in [0.2, 0.25) is 0 Å². The summed E-state index contributed by atoms with van der Waals surface area (Å²) in [7, 11) is 5.41. The van der Waals surface area contributed by atoms with E-state index in [1.54, 1.807) is 37.2 Å². The highest BCUT2D eigenvalue weighted by Crippen LogP contribution is 2.23. The molecule has 0 spiro atoms. The van der Waals surface area contributed by atoms with Gasteiger partial charge in [-0.3, -0.25) is 9.69 Å². The number of nitrogens with zero attached hydrogens (tertiary/aromatic N) is 3. The number of likely N-dealkylation sites (tertiary alicyclic amines) is 1. The topological polar surface area (TPSA) is 107 Å². The molecule has 3 rings (SSSR count). The van der Waals surface area contributed by atoms with Crippen molar-refractivity contribution in [3.63, 3.8) is 0 Å². The standard InChI is InChI=1S/C25H32N4O5/c1-5-32-19-11-9-17(10-12-19)16-33-25(31)27-23(26)18-7-6-8-20(13-18)34-21-14-22(29(4)15-21)24(30)28(2)3/h6-13,21-22H,5,14-16H2,1-4H3,(H2,26,27,31). The Labute approximate surface area is 200 Å². The second kappa shape index (κ2) is 11.5. The number of nitrogens with two attached hydrogens (primary N) is 1. The quantitative estimate of drug-likeness (QED) is 0.469. The van der Waals surface area contributed by atoms with E-state index in [0.717, 1.165) is 11.3 Å². The van der Waals surface area contributed by atoms with Crippen molar-refractivity contribution < 1.29 is 23.8 Å². The molecular formula is C25H32N4O5. The number of amidine groups is 1. The summed E-state index contributed by atoms with van der Waals surface area (Å²) in [5, 5.41) is 0. The van der Waals surface area contributed by atoms with Crippen molar-refractivity contribution in [3.8, 4) is 11.5 Å². The molecule has 1 heterocycles. The van der Waals surface area contributed by atoms with Crippen molar-refractivity contribution in [3.05, 3.63) is 59.7 Å². The molecular weight excluding hydrogens is 436 g/mol. The summed E-state index contributed by atoms with van der Waals surface area (Å²) < 4.78 is 16.7. The molecule has 1 saturated heterocycles. The van der Waals surface area contributed by atoms with Crippen LogP contribution in [0, 0.1) is 0 Å². The number of hydrogen-bond donors (Lipinski definition) is 1. The minimum absolute atomic E-state index is 0.0337. The second-order valence-corrected chi connectivity index (χ2v) is 8.32. The highest BCUT2D eigenvalue weighted by Gasteiger charge is 2.36. The number of carbonyl (C=O) groups excluding carboxylic acids is 2. The third kappa shape index (κ3) is 6.71. The van der Waals surface area contributed by atoms with Crippen molar-refractivity contribution in [1.29, 1.82) is 0 Å². The third-order valence-corrected chi connectivity index (χ3v) is 5.48. The van der Waals surface area contributed by atoms with Crippen molar-refractivity contribution in [1.82, 2.24) is 9.80 Å². The highest BCUT2D eigenvalue weighted by atomic mass is 16.5. The molecule has 0 aromatic heterocycles. The van der Waals surface area contributed by atoms with Crippen LogP contribution in [0.5, 0.6) is 11.5 Å². The van der Waals surface area contributed by atoms with Crippen molar-refractivity contribution >= 4 is 17.8 Å². The van der Waals surface area contributed by atoms with Crippen molar-refractivity contribution in [2.45, 2.75) is 32.1 Å². The van der Waals surface area contributed by atoms with E-state index in [-0.39, 0.29) is 30.5 Å². The molecule has 9 nitrogen and oxygen atoms in total. The Hall–Kier alpha value is -3.59. The zero-order valence-electron chi connectivity index (χ0n) is 20.1. The molecule has 2 atom stereocenters. The summed E-state index contributed by atoms with van der Waals surface area (Å²) in [6, 6.07) is 14.1. The van der Waals surface area contributed by atoms with Crippen LogP contribution < -0.4 is 15.2 Å². The van der Waals surface area contributed by atoms with Crippen LogP contribution in [0.3, 0.4) is 0 Å². The molecule has 2 unspecified atom stereocenters. The molecule has 34 heavy (non-hydrogen) atoms. The van der Waals surface area contributed by atoms with Gasteiger partial charge in [-0.25, -0.2) is 4.79 Å². The van der Waals surface area contributed by atoms with E-state index in [9.17, 15) is 9.59 Å². The van der Waals surface area contributed by atoms with Crippen LogP contribution in [-0.4, -0.2) is 74.1 Å². The average molecular weight is 469 g/mol. The fourth-order valence-corrected chi connectivity index (χ4v) is 3.73. The predicted octanol–water partition coefficient (Wildman–Crippen LogP) is 2.67. The molecule has 1 fully saturated rings. The Morgan fingerprint density at radius 1 is 1.15 bits per heavy atom. The van der Waals surface area contributed by atoms with Gasteiger partial charge in [-0.15, -0.1) is 0 Å². The van der Waals surface area contributed by atoms with Gasteiger partial charge in [-0.1, -0.05) is 24.3 Å². The summed E-state index contributed by atoms with van der Waals surface area (Å²) in [4.78, 5) is 31.9. The summed E-state index contributed by atoms with van der Waals surface area (Å²) in [5.74, 6) is 1.44. The SMILES string of the molecule is CCOc1ccc(COC(=O)/N=C(/N)c2cccc(OC3CC(C(=O)N(C)C)N(C)C3)c2)cc1. The first-order valence-electron chi connectivity index (χ1n) is 11.2. The third-order valence-electron chi connectivity index (χ3n) is 5.48. The van der Waals surface area contributed by atoms with Crippen LogP contribution in [0.1, 0.15) is 24.5 Å². The molecule has 9 heteroatoms. The van der Waals surface area contributed by atoms with Crippen LogP contribution >= 0.6 is 0 Å². The summed E-state index contributed by atoms with van der Waals surface area (Å²) in [6.45, 7) is 3.21. The molecule has 0 saturated carbocycles. The lowest BCUT2D eigenvalue weighted by Crippen LogP contribution is -2.40. The average Bonchev–Trinajstić information content (AvgIpc) is 3.18. The highest BCUT2D eigenvalue weighted by molar-refractivity contribution is 6.03. The number of hydrogen-bond acceptors (Lipinski definition) is 6. The molecule has 1 aliphatic rings. The van der Waals surface area contributed by atoms with Gasteiger partial charge in [0, 0.05) is 32.6 Å². The number of likely N-dealkylation sites (N-methyl/N-ethyl adjacent to an activating group) is 2. The molecule has 1 aliphatic heterocycles. The number of aliphatic imine (C=N–C) groups is 1. The van der Waals surface area contributed by atoms with Gasteiger partial charge in [0.1, 0.15) is 30.0 Å². The van der Waals surface area contributed by atoms with E-state index < -0.39 is 6.09 Å². The van der Waals surface area contributed by atoms with Crippen LogP contribution in [0.4, 0.5) is 4.79 Å². The van der Waals surface area contributed by atoms with Crippen LogP contribution in [0.25, 0.3) is 0 Å². The second-order valence-electron chi connectivity index (χ2n) is 8.32. The van der Waals surface area contributed by atoms with Gasteiger partial charge in [-0.05, 0) is 43.8 Å². The molecule has 2 amide bonds. The van der Waals surface area contributed by atoms with Gasteiger partial charge in [-0.2, -0.15) is 4.99 Å². The first-order valence-corrected chi connectivity index (χ1v) is 11.2. The molecule has 0 bridgehead atoms. The lowest BCUT2D eigenvalue weighted by molar-refractivity contribution is -0.133. The van der Waals surface area contributed by atoms with Gasteiger partial charge in [0.25, 0.3) is 0 Å². The minimum Gasteiger partial charge on any atom is -0.494 e. The predicted molar refractivity (Wildman–Crippen MR) is 129 cm³/mol. The molecule has 2 aromatic carbocycles. The Morgan fingerprint density at radius 3 is 2.56 bits per heavy atom. The van der Waals surface area contributed by atoms with E-state index in [0.29, 0.717) is 30.9 Å². The lowest BCUT2D eigenvalue weighted by atomic mass is 10.1. The Kier molecular flexibility index (Phi) is 8.48. The maximum Gasteiger partial charge on any atom is 0.435 e. The largest absolute Gasteiger partial charge is 0.494 e. The summed E-state index contributed by atoms with van der Waals surface area (Å²) in [6.07, 6.45) is -0.314. The van der Waals surface area contributed by atoms with E-state index in [2.05, 4.69) is 4.99 Å². The van der Waals surface area contributed by atoms with Gasteiger partial charge < -0.3 is 24.8 Å². The van der Waals surface area contributed by atoms with E-state index in [1.807, 2.05) is 49.2 Å².